The zero-order valence-electron chi connectivity index (χ0n) is 25.2. The summed E-state index contributed by atoms with van der Waals surface area (Å²) in [7, 11) is 0. The minimum Gasteiger partial charge on any atom is -0.363 e. The smallest absolute Gasteiger partial charge is 0.135 e. The van der Waals surface area contributed by atoms with Crippen LogP contribution >= 0.6 is 0 Å². The maximum absolute atomic E-state index is 7.15. The van der Waals surface area contributed by atoms with E-state index in [-0.39, 0.29) is 6.10 Å². The fourth-order valence-electron chi connectivity index (χ4n) is 8.49. The predicted molar refractivity (Wildman–Crippen MR) is 181 cm³/mol. The second-order valence-electron chi connectivity index (χ2n) is 13.0. The third-order valence-corrected chi connectivity index (χ3v) is 10.6. The molecule has 6 aromatic rings. The maximum Gasteiger partial charge on any atom is 0.135 e. The van der Waals surface area contributed by atoms with Gasteiger partial charge in [-0.2, -0.15) is 0 Å². The Hall–Kier alpha value is -4.31. The highest BCUT2D eigenvalue weighted by Gasteiger charge is 2.55. The summed E-state index contributed by atoms with van der Waals surface area (Å²) < 4.78 is 8.17. The number of ether oxygens (including phenoxy) is 1. The topological polar surface area (TPSA) is 22.1 Å². The van der Waals surface area contributed by atoms with Crippen molar-refractivity contribution in [2.75, 3.05) is 13.1 Å². The van der Waals surface area contributed by atoms with Crippen molar-refractivity contribution in [2.45, 2.75) is 38.1 Å². The SMILES string of the molecule is C=CC1C[N+]2(Cc3c4ccccc4cc4ccccc34)CCC1CC2C(OCc1ccccc1)c1ccnc2ccccc12. The van der Waals surface area contributed by atoms with Gasteiger partial charge in [0.25, 0.3) is 0 Å². The summed E-state index contributed by atoms with van der Waals surface area (Å²) in [5.74, 6) is 1.16. The number of rotatable bonds is 8. The van der Waals surface area contributed by atoms with Gasteiger partial charge >= 0.3 is 0 Å². The molecule has 2 bridgehead atoms. The van der Waals surface area contributed by atoms with Gasteiger partial charge < -0.3 is 9.22 Å². The summed E-state index contributed by atoms with van der Waals surface area (Å²) >= 11 is 0. The van der Waals surface area contributed by atoms with E-state index >= 15 is 0 Å². The number of para-hydroxylation sites is 1. The quantitative estimate of drug-likeness (QED) is 0.102. The number of pyridine rings is 1. The average Bonchev–Trinajstić information content (AvgIpc) is 3.09. The number of nitrogens with zero attached hydrogens (tertiary/aromatic N) is 2. The van der Waals surface area contributed by atoms with Crippen LogP contribution in [0, 0.1) is 11.8 Å². The van der Waals surface area contributed by atoms with Crippen LogP contribution in [0.1, 0.15) is 35.6 Å². The minimum atomic E-state index is -0.0575. The Morgan fingerprint density at radius 3 is 2.25 bits per heavy atom. The molecule has 0 amide bonds. The molecule has 3 saturated heterocycles. The highest BCUT2D eigenvalue weighted by molar-refractivity contribution is 6.02. The second kappa shape index (κ2) is 11.3. The van der Waals surface area contributed by atoms with Crippen LogP contribution in [0.4, 0.5) is 0 Å². The summed E-state index contributed by atoms with van der Waals surface area (Å²) in [6, 6.07) is 42.0. The lowest BCUT2D eigenvalue weighted by atomic mass is 9.70. The van der Waals surface area contributed by atoms with E-state index in [1.807, 2.05) is 6.20 Å². The summed E-state index contributed by atoms with van der Waals surface area (Å²) in [6.07, 6.45) is 6.53. The largest absolute Gasteiger partial charge is 0.363 e. The van der Waals surface area contributed by atoms with E-state index in [1.54, 1.807) is 0 Å². The van der Waals surface area contributed by atoms with Gasteiger partial charge in [-0.05, 0) is 56.8 Å². The minimum absolute atomic E-state index is 0.0575. The number of benzene rings is 5. The van der Waals surface area contributed by atoms with Gasteiger partial charge in [0.05, 0.1) is 25.2 Å². The van der Waals surface area contributed by atoms with E-state index in [2.05, 4.69) is 128 Å². The predicted octanol–water partition coefficient (Wildman–Crippen LogP) is 9.41. The third-order valence-electron chi connectivity index (χ3n) is 10.6. The molecular formula is C41H39N2O+. The first-order valence-corrected chi connectivity index (χ1v) is 16.1. The van der Waals surface area contributed by atoms with Gasteiger partial charge in [0.1, 0.15) is 18.7 Å². The van der Waals surface area contributed by atoms with Crippen LogP contribution in [0.2, 0.25) is 0 Å². The Morgan fingerprint density at radius 1 is 0.818 bits per heavy atom. The molecule has 218 valence electrons. The van der Waals surface area contributed by atoms with Gasteiger partial charge in [0, 0.05) is 35.9 Å². The van der Waals surface area contributed by atoms with Gasteiger partial charge in [-0.1, -0.05) is 103 Å². The summed E-state index contributed by atoms with van der Waals surface area (Å²) in [5.41, 5.74) is 4.97. The Labute approximate surface area is 260 Å². The standard InChI is InChI=1S/C41H39N2O/c1-2-30-26-43(27-38-34-16-8-6-14-32(34)24-33-15-7-9-17-35(33)38)23-21-31(30)25-40(43)41(44-28-29-12-4-3-5-13-29)37-20-22-42-39-19-11-10-18-36(37)39/h2-20,22,24,30-31,40-41H,1,21,23,25-28H2/q+1. The molecule has 3 aliphatic rings. The van der Waals surface area contributed by atoms with Crippen LogP contribution in [0.5, 0.6) is 0 Å². The second-order valence-corrected chi connectivity index (χ2v) is 13.0. The lowest BCUT2D eigenvalue weighted by Gasteiger charge is -2.58. The van der Waals surface area contributed by atoms with Gasteiger partial charge in [-0.15, -0.1) is 6.58 Å². The molecule has 3 heteroatoms. The molecule has 3 nitrogen and oxygen atoms in total. The van der Waals surface area contributed by atoms with Gasteiger partial charge in [0.15, 0.2) is 0 Å². The molecule has 44 heavy (non-hydrogen) atoms. The molecule has 0 N–H and O–H groups in total. The molecule has 0 radical (unpaired) electrons. The number of fused-ring (bicyclic) bond motifs is 6. The van der Waals surface area contributed by atoms with Crippen LogP contribution in [-0.2, 0) is 17.9 Å². The molecule has 3 aliphatic heterocycles. The Balaban J connectivity index is 1.30. The first-order valence-electron chi connectivity index (χ1n) is 16.1. The van der Waals surface area contributed by atoms with Gasteiger partial charge in [-0.25, -0.2) is 0 Å². The normalized spacial score (nSPS) is 23.7. The molecule has 0 aliphatic carbocycles. The van der Waals surface area contributed by atoms with Crippen molar-refractivity contribution in [1.29, 1.82) is 0 Å². The zero-order valence-corrected chi connectivity index (χ0v) is 25.2. The first kappa shape index (κ1) is 27.3. The highest BCUT2D eigenvalue weighted by atomic mass is 16.5. The molecular weight excluding hydrogens is 536 g/mol. The van der Waals surface area contributed by atoms with Crippen molar-refractivity contribution in [3.63, 3.8) is 0 Å². The number of quaternary nitrogens is 1. The molecule has 5 atom stereocenters. The molecule has 4 heterocycles. The molecule has 3 fully saturated rings. The number of hydrogen-bond acceptors (Lipinski definition) is 2. The van der Waals surface area contributed by atoms with Crippen molar-refractivity contribution in [3.8, 4) is 0 Å². The van der Waals surface area contributed by atoms with E-state index in [1.165, 1.54) is 50.0 Å². The third kappa shape index (κ3) is 4.72. The average molecular weight is 576 g/mol. The van der Waals surface area contributed by atoms with Crippen molar-refractivity contribution in [1.82, 2.24) is 4.98 Å². The van der Waals surface area contributed by atoms with Crippen LogP contribution in [0.25, 0.3) is 32.4 Å². The van der Waals surface area contributed by atoms with Crippen LogP contribution in [-0.4, -0.2) is 28.6 Å². The van der Waals surface area contributed by atoms with Crippen LogP contribution in [0.15, 0.2) is 134 Å². The molecule has 0 spiro atoms. The summed E-state index contributed by atoms with van der Waals surface area (Å²) in [5, 5.41) is 6.58. The zero-order chi connectivity index (χ0) is 29.5. The van der Waals surface area contributed by atoms with Crippen molar-refractivity contribution >= 4 is 32.4 Å². The molecule has 0 saturated carbocycles. The Kier molecular flexibility index (Phi) is 7.01. The van der Waals surface area contributed by atoms with Crippen LogP contribution < -0.4 is 0 Å². The fourth-order valence-corrected chi connectivity index (χ4v) is 8.49. The fraction of sp³-hybridized carbons (Fsp3) is 0.244. The Morgan fingerprint density at radius 2 is 1.50 bits per heavy atom. The van der Waals surface area contributed by atoms with Gasteiger partial charge in [-0.3, -0.25) is 4.98 Å². The number of hydrogen-bond donors (Lipinski definition) is 0. The van der Waals surface area contributed by atoms with Crippen molar-refractivity contribution in [2.24, 2.45) is 11.8 Å². The molecule has 5 unspecified atom stereocenters. The van der Waals surface area contributed by atoms with E-state index in [0.717, 1.165) is 36.1 Å². The monoisotopic (exact) mass is 575 g/mol. The molecule has 5 aromatic carbocycles. The first-order chi connectivity index (χ1) is 21.7. The van der Waals surface area contributed by atoms with Crippen molar-refractivity contribution < 1.29 is 9.22 Å². The number of aromatic nitrogens is 1. The van der Waals surface area contributed by atoms with Gasteiger partial charge in [0.2, 0.25) is 0 Å². The van der Waals surface area contributed by atoms with E-state index in [4.69, 9.17) is 9.72 Å². The molecule has 9 rings (SSSR count). The van der Waals surface area contributed by atoms with E-state index in [9.17, 15) is 0 Å². The lowest BCUT2D eigenvalue weighted by Crippen LogP contribution is -2.67. The highest BCUT2D eigenvalue weighted by Crippen LogP contribution is 2.50. The Bertz CT molecular complexity index is 1910. The number of piperidine rings is 3. The van der Waals surface area contributed by atoms with Crippen molar-refractivity contribution in [3.05, 3.63) is 151 Å². The summed E-state index contributed by atoms with van der Waals surface area (Å²) in [4.78, 5) is 4.74. The van der Waals surface area contributed by atoms with E-state index in [0.29, 0.717) is 24.5 Å². The molecule has 1 aromatic heterocycles. The van der Waals surface area contributed by atoms with Crippen LogP contribution in [0.3, 0.4) is 0 Å². The maximum atomic E-state index is 7.15. The lowest BCUT2D eigenvalue weighted by molar-refractivity contribution is -0.984. The summed E-state index contributed by atoms with van der Waals surface area (Å²) in [6.45, 7) is 8.17. The van der Waals surface area contributed by atoms with E-state index < -0.39 is 0 Å².